The smallest absolute Gasteiger partial charge is 0.211 e. The maximum absolute atomic E-state index is 11.8. The molecule has 5 heterocycles. The lowest BCUT2D eigenvalue weighted by molar-refractivity contribution is 0.388. The van der Waals surface area contributed by atoms with Crippen LogP contribution in [0.1, 0.15) is 5.69 Å². The first-order valence-electron chi connectivity index (χ1n) is 10.5. The Morgan fingerprint density at radius 3 is 2.52 bits per heavy atom. The molecule has 0 saturated carbocycles. The highest BCUT2D eigenvalue weighted by Crippen LogP contribution is 2.30. The van der Waals surface area contributed by atoms with Gasteiger partial charge >= 0.3 is 0 Å². The van der Waals surface area contributed by atoms with Gasteiger partial charge in [0.25, 0.3) is 0 Å². The van der Waals surface area contributed by atoms with Crippen LogP contribution in [0.3, 0.4) is 0 Å². The van der Waals surface area contributed by atoms with Gasteiger partial charge in [0.2, 0.25) is 10.0 Å². The molecule has 1 fully saturated rings. The Labute approximate surface area is 196 Å². The van der Waals surface area contributed by atoms with Crippen molar-refractivity contribution in [2.75, 3.05) is 42.7 Å². The van der Waals surface area contributed by atoms with E-state index in [0.29, 0.717) is 37.1 Å². The zero-order valence-electron chi connectivity index (χ0n) is 18.3. The summed E-state index contributed by atoms with van der Waals surface area (Å²) in [6.07, 6.45) is 4.79. The average molecular weight is 482 g/mol. The van der Waals surface area contributed by atoms with Crippen LogP contribution in [-0.4, -0.2) is 65.1 Å². The lowest BCUT2D eigenvalue weighted by atomic mass is 10.1. The minimum atomic E-state index is -3.15. The Bertz CT molecular complexity index is 1410. The fraction of sp³-hybridized carbons (Fsp3) is 0.273. The van der Waals surface area contributed by atoms with Gasteiger partial charge in [-0.3, -0.25) is 4.98 Å². The fourth-order valence-electron chi connectivity index (χ4n) is 3.81. The number of hydrogen-bond donors (Lipinski definition) is 1. The van der Waals surface area contributed by atoms with Crippen LogP contribution in [0.4, 0.5) is 16.6 Å². The Morgan fingerprint density at radius 1 is 0.970 bits per heavy atom. The van der Waals surface area contributed by atoms with E-state index in [-0.39, 0.29) is 0 Å². The number of rotatable bonds is 5. The molecule has 0 aromatic carbocycles. The van der Waals surface area contributed by atoms with Crippen molar-refractivity contribution < 1.29 is 8.42 Å². The molecular formula is C22H23N7O2S2. The maximum atomic E-state index is 11.8. The summed E-state index contributed by atoms with van der Waals surface area (Å²) in [5, 5.41) is 4.00. The molecule has 0 bridgehead atoms. The summed E-state index contributed by atoms with van der Waals surface area (Å²) in [5.41, 5.74) is 4.68. The number of thiazole rings is 1. The number of hydrogen-bond acceptors (Lipinski definition) is 9. The highest BCUT2D eigenvalue weighted by molar-refractivity contribution is 7.88. The molecule has 4 aromatic heterocycles. The molecule has 11 heteroatoms. The van der Waals surface area contributed by atoms with Gasteiger partial charge in [-0.1, -0.05) is 11.3 Å². The van der Waals surface area contributed by atoms with E-state index >= 15 is 0 Å². The number of pyridine rings is 3. The molecule has 1 N–H and O–H groups in total. The number of piperazine rings is 1. The zero-order valence-corrected chi connectivity index (χ0v) is 19.9. The molecule has 0 aliphatic carbocycles. The van der Waals surface area contributed by atoms with Crippen molar-refractivity contribution >= 4 is 48.3 Å². The molecule has 0 spiro atoms. The predicted octanol–water partition coefficient (Wildman–Crippen LogP) is 3.28. The van der Waals surface area contributed by atoms with Crippen LogP contribution < -0.4 is 10.2 Å². The van der Waals surface area contributed by atoms with Gasteiger partial charge in [-0.25, -0.2) is 23.4 Å². The van der Waals surface area contributed by atoms with Gasteiger partial charge in [0, 0.05) is 61.6 Å². The summed E-state index contributed by atoms with van der Waals surface area (Å²) in [4.78, 5) is 21.1. The number of aromatic nitrogens is 4. The second-order valence-corrected chi connectivity index (χ2v) is 10.9. The lowest BCUT2D eigenvalue weighted by Gasteiger charge is -2.34. The molecule has 9 nitrogen and oxygen atoms in total. The third kappa shape index (κ3) is 4.80. The molecule has 0 atom stereocenters. The van der Waals surface area contributed by atoms with Crippen LogP contribution >= 0.6 is 11.3 Å². The lowest BCUT2D eigenvalue weighted by Crippen LogP contribution is -2.48. The molecule has 170 valence electrons. The second-order valence-electron chi connectivity index (χ2n) is 7.90. The molecule has 1 aliphatic rings. The third-order valence-electron chi connectivity index (χ3n) is 5.50. The molecule has 4 aromatic rings. The normalized spacial score (nSPS) is 15.2. The SMILES string of the molecule is Cc1cc(-c2ccc3nc(Nc4cc(N5CCN(S(C)(=O)=O)CC5)ccn4)sc3n2)ccn1. The van der Waals surface area contributed by atoms with Crippen LogP contribution in [0.5, 0.6) is 0 Å². The van der Waals surface area contributed by atoms with E-state index in [1.807, 2.05) is 43.3 Å². The largest absolute Gasteiger partial charge is 0.369 e. The minimum Gasteiger partial charge on any atom is -0.369 e. The highest BCUT2D eigenvalue weighted by Gasteiger charge is 2.23. The van der Waals surface area contributed by atoms with E-state index < -0.39 is 10.0 Å². The van der Waals surface area contributed by atoms with Crippen LogP contribution in [0, 0.1) is 6.92 Å². The van der Waals surface area contributed by atoms with Crippen molar-refractivity contribution in [1.82, 2.24) is 24.2 Å². The van der Waals surface area contributed by atoms with Gasteiger partial charge in [0.15, 0.2) is 5.13 Å². The van der Waals surface area contributed by atoms with E-state index in [1.54, 1.807) is 12.4 Å². The third-order valence-corrected chi connectivity index (χ3v) is 7.68. The van der Waals surface area contributed by atoms with E-state index in [9.17, 15) is 8.42 Å². The quantitative estimate of drug-likeness (QED) is 0.463. The molecule has 33 heavy (non-hydrogen) atoms. The summed E-state index contributed by atoms with van der Waals surface area (Å²) in [7, 11) is -3.15. The van der Waals surface area contributed by atoms with Crippen LogP contribution in [-0.2, 0) is 10.0 Å². The number of fused-ring (bicyclic) bond motifs is 1. The average Bonchev–Trinajstić information content (AvgIpc) is 3.20. The van der Waals surface area contributed by atoms with Crippen molar-refractivity contribution in [1.29, 1.82) is 0 Å². The first-order chi connectivity index (χ1) is 15.8. The summed E-state index contributed by atoms with van der Waals surface area (Å²) < 4.78 is 25.0. The van der Waals surface area contributed by atoms with E-state index in [0.717, 1.165) is 33.0 Å². The number of nitrogens with zero attached hydrogens (tertiary/aromatic N) is 6. The molecule has 0 radical (unpaired) electrons. The van der Waals surface area contributed by atoms with Gasteiger partial charge in [-0.2, -0.15) is 4.31 Å². The monoisotopic (exact) mass is 481 g/mol. The Hall–Kier alpha value is -3.15. The standard InChI is InChI=1S/C22H23N7O2S2/c1-15-13-16(5-7-23-15)18-3-4-19-21(25-18)32-22(26-19)27-20-14-17(6-8-24-20)28-9-11-29(12-10-28)33(2,30)31/h3-8,13-14H,9-12H2,1-2H3,(H,24,26,27). The van der Waals surface area contributed by atoms with Gasteiger partial charge in [0.05, 0.1) is 11.9 Å². The van der Waals surface area contributed by atoms with Crippen LogP contribution in [0.2, 0.25) is 0 Å². The van der Waals surface area contributed by atoms with E-state index in [1.165, 1.54) is 21.9 Å². The molecule has 1 saturated heterocycles. The summed E-state index contributed by atoms with van der Waals surface area (Å²) in [6.45, 7) is 4.20. The van der Waals surface area contributed by atoms with Gasteiger partial charge < -0.3 is 10.2 Å². The maximum Gasteiger partial charge on any atom is 0.211 e. The number of sulfonamides is 1. The predicted molar refractivity (Wildman–Crippen MR) is 132 cm³/mol. The van der Waals surface area contributed by atoms with Crippen molar-refractivity contribution in [2.24, 2.45) is 0 Å². The fourth-order valence-corrected chi connectivity index (χ4v) is 5.48. The van der Waals surface area contributed by atoms with Gasteiger partial charge in [0.1, 0.15) is 16.2 Å². The summed E-state index contributed by atoms with van der Waals surface area (Å²) in [5.74, 6) is 0.682. The molecular weight excluding hydrogens is 458 g/mol. The molecule has 0 amide bonds. The first-order valence-corrected chi connectivity index (χ1v) is 13.2. The molecule has 5 rings (SSSR count). The summed E-state index contributed by atoms with van der Waals surface area (Å²) in [6, 6.07) is 11.8. The van der Waals surface area contributed by atoms with Crippen molar-refractivity contribution in [2.45, 2.75) is 6.92 Å². The minimum absolute atomic E-state index is 0.479. The molecule has 0 unspecified atom stereocenters. The summed E-state index contributed by atoms with van der Waals surface area (Å²) >= 11 is 1.47. The van der Waals surface area contributed by atoms with Crippen molar-refractivity contribution in [3.63, 3.8) is 0 Å². The van der Waals surface area contributed by atoms with Gasteiger partial charge in [-0.05, 0) is 37.3 Å². The molecule has 1 aliphatic heterocycles. The van der Waals surface area contributed by atoms with Gasteiger partial charge in [-0.15, -0.1) is 0 Å². The van der Waals surface area contributed by atoms with Crippen molar-refractivity contribution in [3.05, 3.63) is 54.5 Å². The number of aryl methyl sites for hydroxylation is 1. The first kappa shape index (κ1) is 21.7. The Kier molecular flexibility index (Phi) is 5.69. The highest BCUT2D eigenvalue weighted by atomic mass is 32.2. The Balaban J connectivity index is 1.33. The Morgan fingerprint density at radius 2 is 1.76 bits per heavy atom. The van der Waals surface area contributed by atoms with Crippen LogP contribution in [0.15, 0.2) is 48.8 Å². The van der Waals surface area contributed by atoms with E-state index in [2.05, 4.69) is 25.2 Å². The van der Waals surface area contributed by atoms with Crippen LogP contribution in [0.25, 0.3) is 21.6 Å². The van der Waals surface area contributed by atoms with E-state index in [4.69, 9.17) is 4.98 Å². The van der Waals surface area contributed by atoms with Crippen molar-refractivity contribution in [3.8, 4) is 11.3 Å². The number of anilines is 3. The topological polar surface area (TPSA) is 104 Å². The second kappa shape index (κ2) is 8.65. The number of nitrogens with one attached hydrogen (secondary N) is 1. The zero-order chi connectivity index (χ0) is 23.0.